The van der Waals surface area contributed by atoms with Crippen LogP contribution >= 0.6 is 0 Å². The zero-order chi connectivity index (χ0) is 15.6. The lowest BCUT2D eigenvalue weighted by molar-refractivity contribution is -0.143. The number of ether oxygens (including phenoxy) is 1. The summed E-state index contributed by atoms with van der Waals surface area (Å²) in [6, 6.07) is 5.26. The molecule has 0 bridgehead atoms. The Labute approximate surface area is 125 Å². The predicted octanol–water partition coefficient (Wildman–Crippen LogP) is 2.14. The van der Waals surface area contributed by atoms with E-state index in [9.17, 15) is 13.8 Å². The van der Waals surface area contributed by atoms with E-state index >= 15 is 0 Å². The molecular formula is C15H17NO4S. The summed E-state index contributed by atoms with van der Waals surface area (Å²) < 4.78 is 18.2. The van der Waals surface area contributed by atoms with E-state index in [0.29, 0.717) is 22.5 Å². The van der Waals surface area contributed by atoms with E-state index in [1.165, 1.54) is 6.92 Å². The number of hydrogen-bond donors (Lipinski definition) is 0. The summed E-state index contributed by atoms with van der Waals surface area (Å²) in [6.45, 7) is 3.58. The molecule has 112 valence electrons. The van der Waals surface area contributed by atoms with E-state index in [0.717, 1.165) is 5.52 Å². The van der Waals surface area contributed by atoms with Crippen LogP contribution in [-0.4, -0.2) is 33.4 Å². The van der Waals surface area contributed by atoms with Gasteiger partial charge in [-0.3, -0.25) is 13.8 Å². The Morgan fingerprint density at radius 1 is 1.33 bits per heavy atom. The monoisotopic (exact) mass is 307 g/mol. The molecule has 0 saturated carbocycles. The van der Waals surface area contributed by atoms with Crippen LogP contribution in [-0.2, 0) is 26.9 Å². The van der Waals surface area contributed by atoms with Crippen LogP contribution < -0.4 is 0 Å². The SMILES string of the molecule is CCOC(=O)Cn1cc(C(C)=O)c2cc(S(C)=O)ccc21. The van der Waals surface area contributed by atoms with Gasteiger partial charge < -0.3 is 9.30 Å². The lowest BCUT2D eigenvalue weighted by Crippen LogP contribution is -2.12. The number of hydrogen-bond acceptors (Lipinski definition) is 4. The maximum absolute atomic E-state index is 11.8. The lowest BCUT2D eigenvalue weighted by atomic mass is 10.1. The minimum Gasteiger partial charge on any atom is -0.465 e. The Morgan fingerprint density at radius 3 is 2.62 bits per heavy atom. The average Bonchev–Trinajstić information content (AvgIpc) is 2.77. The highest BCUT2D eigenvalue weighted by Crippen LogP contribution is 2.24. The van der Waals surface area contributed by atoms with E-state index in [1.807, 2.05) is 0 Å². The van der Waals surface area contributed by atoms with Gasteiger partial charge in [-0.1, -0.05) is 0 Å². The van der Waals surface area contributed by atoms with E-state index < -0.39 is 10.8 Å². The second-order valence-corrected chi connectivity index (χ2v) is 6.04. The third-order valence-electron chi connectivity index (χ3n) is 3.17. The number of esters is 1. The maximum Gasteiger partial charge on any atom is 0.325 e. The van der Waals surface area contributed by atoms with Crippen LogP contribution in [0.5, 0.6) is 0 Å². The van der Waals surface area contributed by atoms with Gasteiger partial charge in [0.25, 0.3) is 0 Å². The zero-order valence-electron chi connectivity index (χ0n) is 12.2. The molecule has 5 nitrogen and oxygen atoms in total. The Balaban J connectivity index is 2.55. The quantitative estimate of drug-likeness (QED) is 0.627. The first-order valence-electron chi connectivity index (χ1n) is 6.57. The lowest BCUT2D eigenvalue weighted by Gasteiger charge is -2.05. The smallest absolute Gasteiger partial charge is 0.325 e. The fourth-order valence-electron chi connectivity index (χ4n) is 2.21. The van der Waals surface area contributed by atoms with Crippen molar-refractivity contribution in [3.05, 3.63) is 30.0 Å². The molecule has 0 saturated heterocycles. The Bertz CT molecular complexity index is 733. The van der Waals surface area contributed by atoms with Crippen LogP contribution in [0, 0.1) is 0 Å². The molecule has 6 heteroatoms. The summed E-state index contributed by atoms with van der Waals surface area (Å²) in [4.78, 5) is 24.0. The average molecular weight is 307 g/mol. The van der Waals surface area contributed by atoms with E-state index in [2.05, 4.69) is 0 Å². The maximum atomic E-state index is 11.8. The fraction of sp³-hybridized carbons (Fsp3) is 0.333. The van der Waals surface area contributed by atoms with Crippen molar-refractivity contribution in [2.75, 3.05) is 12.9 Å². The number of fused-ring (bicyclic) bond motifs is 1. The number of ketones is 1. The van der Waals surface area contributed by atoms with Crippen LogP contribution in [0.4, 0.5) is 0 Å². The minimum atomic E-state index is -1.12. The summed E-state index contributed by atoms with van der Waals surface area (Å²) in [6.07, 6.45) is 3.23. The molecule has 0 spiro atoms. The molecule has 2 rings (SSSR count). The molecule has 0 fully saturated rings. The van der Waals surface area contributed by atoms with Gasteiger partial charge in [0.05, 0.1) is 6.61 Å². The summed E-state index contributed by atoms with van der Waals surface area (Å²) >= 11 is 0. The van der Waals surface area contributed by atoms with Gasteiger partial charge in [0.15, 0.2) is 5.78 Å². The fourth-order valence-corrected chi connectivity index (χ4v) is 2.76. The summed E-state index contributed by atoms with van der Waals surface area (Å²) in [5.41, 5.74) is 1.27. The van der Waals surface area contributed by atoms with Gasteiger partial charge in [0.2, 0.25) is 0 Å². The molecular weight excluding hydrogens is 290 g/mol. The number of carbonyl (C=O) groups excluding carboxylic acids is 2. The van der Waals surface area contributed by atoms with E-state index in [1.54, 1.807) is 42.1 Å². The van der Waals surface area contributed by atoms with Crippen molar-refractivity contribution in [2.24, 2.45) is 0 Å². The minimum absolute atomic E-state index is 0.0478. The third-order valence-corrected chi connectivity index (χ3v) is 4.09. The highest BCUT2D eigenvalue weighted by Gasteiger charge is 2.15. The normalized spacial score (nSPS) is 12.3. The first kappa shape index (κ1) is 15.4. The molecule has 1 atom stereocenters. The van der Waals surface area contributed by atoms with Gasteiger partial charge in [-0.05, 0) is 32.0 Å². The number of aromatic nitrogens is 1. The van der Waals surface area contributed by atoms with Gasteiger partial charge in [0, 0.05) is 44.6 Å². The van der Waals surface area contributed by atoms with E-state index in [4.69, 9.17) is 4.74 Å². The molecule has 1 aromatic heterocycles. The summed E-state index contributed by atoms with van der Waals surface area (Å²) in [5.74, 6) is -0.450. The number of benzene rings is 1. The van der Waals surface area contributed by atoms with Crippen molar-refractivity contribution in [1.82, 2.24) is 4.57 Å². The van der Waals surface area contributed by atoms with Crippen molar-refractivity contribution in [3.63, 3.8) is 0 Å². The molecule has 0 N–H and O–H groups in total. The van der Waals surface area contributed by atoms with Crippen molar-refractivity contribution in [1.29, 1.82) is 0 Å². The van der Waals surface area contributed by atoms with Crippen molar-refractivity contribution < 1.29 is 18.5 Å². The van der Waals surface area contributed by atoms with Gasteiger partial charge in [0.1, 0.15) is 6.54 Å². The Hall–Kier alpha value is -1.95. The third kappa shape index (κ3) is 3.21. The Kier molecular flexibility index (Phi) is 4.57. The molecule has 0 aliphatic rings. The molecule has 21 heavy (non-hydrogen) atoms. The standard InChI is InChI=1S/C15H17NO4S/c1-4-20-15(18)9-16-8-13(10(2)17)12-7-11(21(3)19)5-6-14(12)16/h5-8H,4,9H2,1-3H3. The first-order valence-corrected chi connectivity index (χ1v) is 8.12. The molecule has 0 amide bonds. The van der Waals surface area contributed by atoms with Crippen LogP contribution in [0.15, 0.2) is 29.3 Å². The molecule has 0 radical (unpaired) electrons. The van der Waals surface area contributed by atoms with Crippen LogP contribution in [0.1, 0.15) is 24.2 Å². The number of rotatable bonds is 5. The van der Waals surface area contributed by atoms with E-state index in [-0.39, 0.29) is 18.3 Å². The van der Waals surface area contributed by atoms with Gasteiger partial charge in [-0.15, -0.1) is 0 Å². The Morgan fingerprint density at radius 2 is 2.05 bits per heavy atom. The number of Topliss-reactive ketones (excluding diaryl/α,β-unsaturated/α-hetero) is 1. The highest BCUT2D eigenvalue weighted by atomic mass is 32.2. The molecule has 1 unspecified atom stereocenters. The van der Waals surface area contributed by atoms with Gasteiger partial charge in [-0.2, -0.15) is 0 Å². The number of carbonyl (C=O) groups is 2. The summed E-state index contributed by atoms with van der Waals surface area (Å²) in [7, 11) is -1.12. The molecule has 2 aromatic rings. The zero-order valence-corrected chi connectivity index (χ0v) is 13.0. The van der Waals surface area contributed by atoms with Crippen LogP contribution in [0.3, 0.4) is 0 Å². The van der Waals surface area contributed by atoms with Crippen molar-refractivity contribution >= 4 is 33.5 Å². The van der Waals surface area contributed by atoms with Gasteiger partial charge >= 0.3 is 5.97 Å². The topological polar surface area (TPSA) is 65.4 Å². The molecule has 1 heterocycles. The van der Waals surface area contributed by atoms with Crippen molar-refractivity contribution in [2.45, 2.75) is 25.3 Å². The highest BCUT2D eigenvalue weighted by molar-refractivity contribution is 7.84. The second-order valence-electron chi connectivity index (χ2n) is 4.66. The molecule has 0 aliphatic carbocycles. The second kappa shape index (κ2) is 6.22. The predicted molar refractivity (Wildman–Crippen MR) is 80.9 cm³/mol. The van der Waals surface area contributed by atoms with Gasteiger partial charge in [-0.25, -0.2) is 0 Å². The van der Waals surface area contributed by atoms with Crippen molar-refractivity contribution in [3.8, 4) is 0 Å². The number of nitrogens with zero attached hydrogens (tertiary/aromatic N) is 1. The summed E-state index contributed by atoms with van der Waals surface area (Å²) in [5, 5.41) is 0.708. The van der Waals surface area contributed by atoms with Crippen LogP contribution in [0.25, 0.3) is 10.9 Å². The first-order chi connectivity index (χ1) is 9.93. The molecule has 0 aliphatic heterocycles. The molecule has 1 aromatic carbocycles. The van der Waals surface area contributed by atoms with Crippen LogP contribution in [0.2, 0.25) is 0 Å². The largest absolute Gasteiger partial charge is 0.465 e.